The van der Waals surface area contributed by atoms with Crippen molar-refractivity contribution in [1.29, 1.82) is 0 Å². The molecule has 0 aliphatic carbocycles. The fourth-order valence-electron chi connectivity index (χ4n) is 1.52. The minimum atomic E-state index is -1.05. The van der Waals surface area contributed by atoms with Crippen LogP contribution in [0.1, 0.15) is 15.9 Å². The highest BCUT2D eigenvalue weighted by Crippen LogP contribution is 2.26. The van der Waals surface area contributed by atoms with E-state index < -0.39 is 11.8 Å². The Labute approximate surface area is 103 Å². The maximum absolute atomic E-state index is 13.7. The average molecular weight is 246 g/mol. The first-order valence-electron chi connectivity index (χ1n) is 5.34. The number of carbonyl (C=O) groups is 1. The van der Waals surface area contributed by atoms with Gasteiger partial charge in [-0.25, -0.2) is 9.18 Å². The molecular weight excluding hydrogens is 235 g/mol. The third-order valence-electron chi connectivity index (χ3n) is 2.47. The van der Waals surface area contributed by atoms with Gasteiger partial charge in [-0.3, -0.25) is 0 Å². The van der Waals surface area contributed by atoms with Crippen LogP contribution >= 0.6 is 0 Å². The second kappa shape index (κ2) is 4.87. The first kappa shape index (κ1) is 12.1. The van der Waals surface area contributed by atoms with E-state index in [1.54, 1.807) is 31.2 Å². The van der Waals surface area contributed by atoms with Gasteiger partial charge >= 0.3 is 5.97 Å². The van der Waals surface area contributed by atoms with E-state index in [1.165, 1.54) is 18.2 Å². The summed E-state index contributed by atoms with van der Waals surface area (Å²) >= 11 is 0. The van der Waals surface area contributed by atoms with Crippen molar-refractivity contribution in [1.82, 2.24) is 0 Å². The summed E-state index contributed by atoms with van der Waals surface area (Å²) in [6, 6.07) is 10.7. The number of rotatable bonds is 3. The molecule has 0 spiro atoms. The summed E-state index contributed by atoms with van der Waals surface area (Å²) in [5, 5.41) is 8.84. The van der Waals surface area contributed by atoms with E-state index in [9.17, 15) is 9.18 Å². The standard InChI is InChI=1S/C14H11FO3/c1-9-4-2-7-12(13(9)15)18-11-6-3-5-10(8-11)14(16)17/h2-8H,1H3,(H,16,17). The van der Waals surface area contributed by atoms with E-state index in [0.717, 1.165) is 0 Å². The number of halogens is 1. The van der Waals surface area contributed by atoms with E-state index in [4.69, 9.17) is 9.84 Å². The molecule has 0 amide bonds. The van der Waals surface area contributed by atoms with Crippen molar-refractivity contribution in [3.63, 3.8) is 0 Å². The van der Waals surface area contributed by atoms with Crippen LogP contribution in [0.3, 0.4) is 0 Å². The molecule has 0 aliphatic rings. The molecule has 92 valence electrons. The van der Waals surface area contributed by atoms with Gasteiger partial charge in [0, 0.05) is 0 Å². The molecular formula is C14H11FO3. The number of hydrogen-bond acceptors (Lipinski definition) is 2. The molecule has 0 atom stereocenters. The topological polar surface area (TPSA) is 46.5 Å². The van der Waals surface area contributed by atoms with Crippen molar-refractivity contribution < 1.29 is 19.0 Å². The fraction of sp³-hybridized carbons (Fsp3) is 0.0714. The predicted molar refractivity (Wildman–Crippen MR) is 64.6 cm³/mol. The lowest BCUT2D eigenvalue weighted by atomic mass is 10.2. The molecule has 0 aromatic heterocycles. The van der Waals surface area contributed by atoms with Crippen molar-refractivity contribution >= 4 is 5.97 Å². The Kier molecular flexibility index (Phi) is 3.28. The Balaban J connectivity index is 2.31. The second-order valence-corrected chi connectivity index (χ2v) is 3.82. The summed E-state index contributed by atoms with van der Waals surface area (Å²) in [5.74, 6) is -1.12. The predicted octanol–water partition coefficient (Wildman–Crippen LogP) is 3.62. The summed E-state index contributed by atoms with van der Waals surface area (Å²) in [4.78, 5) is 10.8. The number of carboxylic acids is 1. The minimum Gasteiger partial charge on any atom is -0.478 e. The molecule has 2 aromatic rings. The van der Waals surface area contributed by atoms with Gasteiger partial charge in [0.05, 0.1) is 5.56 Å². The van der Waals surface area contributed by atoms with Crippen LogP contribution in [0.5, 0.6) is 11.5 Å². The van der Waals surface area contributed by atoms with E-state index in [2.05, 4.69) is 0 Å². The number of aryl methyl sites for hydroxylation is 1. The van der Waals surface area contributed by atoms with E-state index in [-0.39, 0.29) is 11.3 Å². The minimum absolute atomic E-state index is 0.0811. The highest BCUT2D eigenvalue weighted by atomic mass is 19.1. The van der Waals surface area contributed by atoms with Crippen molar-refractivity contribution in [3.8, 4) is 11.5 Å². The maximum atomic E-state index is 13.7. The zero-order valence-electron chi connectivity index (χ0n) is 9.68. The van der Waals surface area contributed by atoms with E-state index >= 15 is 0 Å². The van der Waals surface area contributed by atoms with Crippen LogP contribution in [0.15, 0.2) is 42.5 Å². The van der Waals surface area contributed by atoms with Crippen molar-refractivity contribution in [2.45, 2.75) is 6.92 Å². The lowest BCUT2D eigenvalue weighted by molar-refractivity contribution is 0.0696. The fourth-order valence-corrected chi connectivity index (χ4v) is 1.52. The van der Waals surface area contributed by atoms with Gasteiger partial charge in [-0.05, 0) is 36.8 Å². The van der Waals surface area contributed by atoms with Gasteiger partial charge in [-0.1, -0.05) is 18.2 Å². The molecule has 3 nitrogen and oxygen atoms in total. The summed E-state index contributed by atoms with van der Waals surface area (Å²) in [7, 11) is 0. The van der Waals surface area contributed by atoms with Gasteiger partial charge in [0.1, 0.15) is 5.75 Å². The number of hydrogen-bond donors (Lipinski definition) is 1. The van der Waals surface area contributed by atoms with Crippen LogP contribution in [0.2, 0.25) is 0 Å². The third kappa shape index (κ3) is 2.48. The zero-order chi connectivity index (χ0) is 13.1. The lowest BCUT2D eigenvalue weighted by Crippen LogP contribution is -1.97. The van der Waals surface area contributed by atoms with Gasteiger partial charge in [0.15, 0.2) is 11.6 Å². The Hall–Kier alpha value is -2.36. The van der Waals surface area contributed by atoms with Gasteiger partial charge in [0.25, 0.3) is 0 Å². The van der Waals surface area contributed by atoms with Gasteiger partial charge in [-0.2, -0.15) is 0 Å². The smallest absolute Gasteiger partial charge is 0.335 e. The van der Waals surface area contributed by atoms with Gasteiger partial charge in [0.2, 0.25) is 0 Å². The van der Waals surface area contributed by atoms with Crippen LogP contribution in [-0.2, 0) is 0 Å². The van der Waals surface area contributed by atoms with Crippen LogP contribution in [0, 0.1) is 12.7 Å². The maximum Gasteiger partial charge on any atom is 0.335 e. The van der Waals surface area contributed by atoms with Crippen molar-refractivity contribution in [3.05, 3.63) is 59.4 Å². The summed E-state index contributed by atoms with van der Waals surface area (Å²) in [6.07, 6.45) is 0. The highest BCUT2D eigenvalue weighted by Gasteiger charge is 2.08. The summed E-state index contributed by atoms with van der Waals surface area (Å²) in [5.41, 5.74) is 0.572. The van der Waals surface area contributed by atoms with E-state index in [0.29, 0.717) is 11.3 Å². The molecule has 0 saturated heterocycles. The number of aromatic carboxylic acids is 1. The molecule has 0 fully saturated rings. The quantitative estimate of drug-likeness (QED) is 0.899. The Bertz CT molecular complexity index is 593. The third-order valence-corrected chi connectivity index (χ3v) is 2.47. The largest absolute Gasteiger partial charge is 0.478 e. The van der Waals surface area contributed by atoms with Crippen LogP contribution in [-0.4, -0.2) is 11.1 Å². The molecule has 1 N–H and O–H groups in total. The number of benzene rings is 2. The Morgan fingerprint density at radius 3 is 2.67 bits per heavy atom. The summed E-state index contributed by atoms with van der Waals surface area (Å²) in [6.45, 7) is 1.63. The lowest BCUT2D eigenvalue weighted by Gasteiger charge is -2.08. The molecule has 0 saturated carbocycles. The molecule has 2 rings (SSSR count). The van der Waals surface area contributed by atoms with Crippen molar-refractivity contribution in [2.75, 3.05) is 0 Å². The zero-order valence-corrected chi connectivity index (χ0v) is 9.68. The average Bonchev–Trinajstić information content (AvgIpc) is 2.35. The molecule has 2 aromatic carbocycles. The van der Waals surface area contributed by atoms with E-state index in [1.807, 2.05) is 0 Å². The molecule has 18 heavy (non-hydrogen) atoms. The molecule has 0 aliphatic heterocycles. The number of ether oxygens (including phenoxy) is 1. The van der Waals surface area contributed by atoms with Crippen LogP contribution in [0.25, 0.3) is 0 Å². The summed E-state index contributed by atoms with van der Waals surface area (Å²) < 4.78 is 19.0. The molecule has 0 radical (unpaired) electrons. The Morgan fingerprint density at radius 2 is 1.94 bits per heavy atom. The Morgan fingerprint density at radius 1 is 1.22 bits per heavy atom. The highest BCUT2D eigenvalue weighted by molar-refractivity contribution is 5.88. The van der Waals surface area contributed by atoms with Gasteiger partial charge in [-0.15, -0.1) is 0 Å². The van der Waals surface area contributed by atoms with Crippen LogP contribution < -0.4 is 4.74 Å². The van der Waals surface area contributed by atoms with Gasteiger partial charge < -0.3 is 9.84 Å². The second-order valence-electron chi connectivity index (χ2n) is 3.82. The van der Waals surface area contributed by atoms with Crippen LogP contribution in [0.4, 0.5) is 4.39 Å². The van der Waals surface area contributed by atoms with Crippen molar-refractivity contribution in [2.24, 2.45) is 0 Å². The first-order valence-corrected chi connectivity index (χ1v) is 5.34. The molecule has 0 unspecified atom stereocenters. The molecule has 4 heteroatoms. The normalized spacial score (nSPS) is 10.1. The monoisotopic (exact) mass is 246 g/mol. The molecule has 0 heterocycles. The first-order chi connectivity index (χ1) is 8.58. The number of carboxylic acid groups (broad SMARTS) is 1. The SMILES string of the molecule is Cc1cccc(Oc2cccc(C(=O)O)c2)c1F. The molecule has 0 bridgehead atoms.